The van der Waals surface area contributed by atoms with Crippen LogP contribution in [0.2, 0.25) is 0 Å². The summed E-state index contributed by atoms with van der Waals surface area (Å²) >= 11 is 1.47. The van der Waals surface area contributed by atoms with Gasteiger partial charge in [-0.05, 0) is 48.1 Å². The van der Waals surface area contributed by atoms with Gasteiger partial charge in [0.2, 0.25) is 5.82 Å². The number of H-pyrrole nitrogens is 1. The molecule has 0 unspecified atom stereocenters. The van der Waals surface area contributed by atoms with Gasteiger partial charge >= 0.3 is 0 Å². The van der Waals surface area contributed by atoms with Gasteiger partial charge in [-0.15, -0.1) is 11.3 Å². The van der Waals surface area contributed by atoms with Gasteiger partial charge in [0.25, 0.3) is 11.8 Å². The maximum Gasteiger partial charge on any atom is 0.274 e. The van der Waals surface area contributed by atoms with Gasteiger partial charge in [0.1, 0.15) is 5.69 Å². The number of carbonyl (C=O) groups excluding carboxylic acids is 1. The number of aromatic nitrogens is 4. The standard InChI is InChI=1S/C20H17N5O2S/c1-12-17(18-23-19(27-24-18)15-4-2-7-21-15)14-6-8-25(11-13(14)10-22-12)20(26)16-5-3-9-28-16/h2-5,7,9-10,21H,6,8,11H2,1H3. The van der Waals surface area contributed by atoms with E-state index in [1.807, 2.05) is 53.9 Å². The molecule has 0 fully saturated rings. The van der Waals surface area contributed by atoms with Crippen LogP contribution in [0.25, 0.3) is 23.0 Å². The number of fused-ring (bicyclic) bond motifs is 1. The fourth-order valence-corrected chi connectivity index (χ4v) is 4.26. The van der Waals surface area contributed by atoms with E-state index in [0.29, 0.717) is 24.8 Å². The van der Waals surface area contributed by atoms with Gasteiger partial charge in [-0.3, -0.25) is 9.78 Å². The second-order valence-corrected chi connectivity index (χ2v) is 7.63. The van der Waals surface area contributed by atoms with Gasteiger partial charge in [-0.25, -0.2) is 0 Å². The fourth-order valence-electron chi connectivity index (χ4n) is 3.57. The van der Waals surface area contributed by atoms with Gasteiger partial charge in [0.05, 0.1) is 4.88 Å². The van der Waals surface area contributed by atoms with Crippen LogP contribution < -0.4 is 0 Å². The molecule has 8 heteroatoms. The second-order valence-electron chi connectivity index (χ2n) is 6.68. The van der Waals surface area contributed by atoms with Crippen LogP contribution in [0.1, 0.15) is 26.5 Å². The highest BCUT2D eigenvalue weighted by Crippen LogP contribution is 2.32. The number of hydrogen-bond acceptors (Lipinski definition) is 6. The predicted octanol–water partition coefficient (Wildman–Crippen LogP) is 3.70. The highest BCUT2D eigenvalue weighted by molar-refractivity contribution is 7.12. The fraction of sp³-hybridized carbons (Fsp3) is 0.200. The monoisotopic (exact) mass is 391 g/mol. The molecule has 0 radical (unpaired) electrons. The Balaban J connectivity index is 1.49. The number of hydrogen-bond donors (Lipinski definition) is 1. The van der Waals surface area contributed by atoms with Crippen LogP contribution in [-0.2, 0) is 13.0 Å². The quantitative estimate of drug-likeness (QED) is 0.575. The van der Waals surface area contributed by atoms with E-state index in [0.717, 1.165) is 39.4 Å². The Bertz CT molecular complexity index is 1130. The lowest BCUT2D eigenvalue weighted by atomic mass is 9.94. The molecule has 0 spiro atoms. The van der Waals surface area contributed by atoms with Crippen molar-refractivity contribution in [2.24, 2.45) is 0 Å². The lowest BCUT2D eigenvalue weighted by Gasteiger charge is -2.29. The van der Waals surface area contributed by atoms with Crippen LogP contribution in [0.4, 0.5) is 0 Å². The number of nitrogens with one attached hydrogen (secondary N) is 1. The zero-order chi connectivity index (χ0) is 19.1. The Kier molecular flexibility index (Phi) is 4.05. The predicted molar refractivity (Wildman–Crippen MR) is 105 cm³/mol. The molecular weight excluding hydrogens is 374 g/mol. The summed E-state index contributed by atoms with van der Waals surface area (Å²) in [6.45, 7) is 3.14. The molecule has 1 N–H and O–H groups in total. The molecule has 1 aliphatic heterocycles. The summed E-state index contributed by atoms with van der Waals surface area (Å²) in [6, 6.07) is 7.53. The highest BCUT2D eigenvalue weighted by atomic mass is 32.1. The number of rotatable bonds is 3. The summed E-state index contributed by atoms with van der Waals surface area (Å²) in [5.41, 5.74) is 4.71. The van der Waals surface area contributed by atoms with Crippen molar-refractivity contribution in [3.05, 3.63) is 63.7 Å². The van der Waals surface area contributed by atoms with Gasteiger partial charge in [0, 0.05) is 36.7 Å². The molecule has 0 saturated heterocycles. The number of thiophene rings is 1. The van der Waals surface area contributed by atoms with Crippen LogP contribution in [0, 0.1) is 6.92 Å². The Morgan fingerprint density at radius 3 is 3.04 bits per heavy atom. The summed E-state index contributed by atoms with van der Waals surface area (Å²) in [5.74, 6) is 1.04. The van der Waals surface area contributed by atoms with E-state index in [9.17, 15) is 4.79 Å². The van der Waals surface area contributed by atoms with Crippen molar-refractivity contribution in [2.45, 2.75) is 19.9 Å². The van der Waals surface area contributed by atoms with Crippen molar-refractivity contribution in [1.82, 2.24) is 25.0 Å². The van der Waals surface area contributed by atoms with Crippen LogP contribution in [0.15, 0.2) is 46.6 Å². The van der Waals surface area contributed by atoms with Gasteiger partial charge < -0.3 is 14.4 Å². The molecule has 4 aromatic rings. The third-order valence-corrected chi connectivity index (χ3v) is 5.81. The van der Waals surface area contributed by atoms with Crippen LogP contribution in [0.3, 0.4) is 0 Å². The molecule has 0 aromatic carbocycles. The first-order valence-electron chi connectivity index (χ1n) is 8.98. The summed E-state index contributed by atoms with van der Waals surface area (Å²) in [7, 11) is 0. The van der Waals surface area contributed by atoms with Gasteiger partial charge in [0.15, 0.2) is 0 Å². The number of carbonyl (C=O) groups is 1. The molecule has 140 valence electrons. The molecule has 1 amide bonds. The molecule has 28 heavy (non-hydrogen) atoms. The third kappa shape index (κ3) is 2.82. The molecule has 0 atom stereocenters. The maximum atomic E-state index is 12.7. The maximum absolute atomic E-state index is 12.7. The number of aromatic amines is 1. The van der Waals surface area contributed by atoms with Crippen molar-refractivity contribution in [1.29, 1.82) is 0 Å². The topological polar surface area (TPSA) is 87.9 Å². The molecule has 5 rings (SSSR count). The summed E-state index contributed by atoms with van der Waals surface area (Å²) in [5, 5.41) is 6.10. The van der Waals surface area contributed by atoms with E-state index >= 15 is 0 Å². The number of pyridine rings is 1. The molecule has 1 aliphatic rings. The zero-order valence-corrected chi connectivity index (χ0v) is 16.0. The van der Waals surface area contributed by atoms with Crippen LogP contribution >= 0.6 is 11.3 Å². The lowest BCUT2D eigenvalue weighted by molar-refractivity contribution is 0.0739. The first kappa shape index (κ1) is 16.9. The van der Waals surface area contributed by atoms with E-state index in [-0.39, 0.29) is 5.91 Å². The molecular formula is C20H17N5O2S. The molecule has 0 bridgehead atoms. The minimum atomic E-state index is 0.0661. The van der Waals surface area contributed by atoms with E-state index < -0.39 is 0 Å². The summed E-state index contributed by atoms with van der Waals surface area (Å²) in [4.78, 5) is 27.5. The first-order valence-corrected chi connectivity index (χ1v) is 9.86. The van der Waals surface area contributed by atoms with E-state index in [1.165, 1.54) is 11.3 Å². The van der Waals surface area contributed by atoms with E-state index in [1.54, 1.807) is 0 Å². The SMILES string of the molecule is Cc1ncc2c(c1-c1noc(-c3ccc[nH]3)n1)CCN(C(=O)c1cccs1)C2. The summed E-state index contributed by atoms with van der Waals surface area (Å²) < 4.78 is 5.43. The zero-order valence-electron chi connectivity index (χ0n) is 15.2. The molecule has 7 nitrogen and oxygen atoms in total. The van der Waals surface area contributed by atoms with Crippen LogP contribution in [0.5, 0.6) is 0 Å². The molecule has 0 saturated carbocycles. The minimum absolute atomic E-state index is 0.0661. The highest BCUT2D eigenvalue weighted by Gasteiger charge is 2.27. The largest absolute Gasteiger partial charge is 0.357 e. The Morgan fingerprint density at radius 2 is 2.25 bits per heavy atom. The van der Waals surface area contributed by atoms with Gasteiger partial charge in [-0.2, -0.15) is 4.98 Å². The van der Waals surface area contributed by atoms with Crippen molar-refractivity contribution >= 4 is 17.2 Å². The molecule has 4 aromatic heterocycles. The Morgan fingerprint density at radius 1 is 1.32 bits per heavy atom. The normalized spacial score (nSPS) is 13.5. The first-order chi connectivity index (χ1) is 13.7. The Hall–Kier alpha value is -3.26. The number of aryl methyl sites for hydroxylation is 1. The minimum Gasteiger partial charge on any atom is -0.357 e. The van der Waals surface area contributed by atoms with Crippen molar-refractivity contribution in [2.75, 3.05) is 6.54 Å². The lowest BCUT2D eigenvalue weighted by Crippen LogP contribution is -2.36. The van der Waals surface area contributed by atoms with E-state index in [2.05, 4.69) is 20.1 Å². The van der Waals surface area contributed by atoms with Crippen molar-refractivity contribution in [3.63, 3.8) is 0 Å². The molecule has 0 aliphatic carbocycles. The molecule has 5 heterocycles. The second kappa shape index (κ2) is 6.72. The van der Waals surface area contributed by atoms with Crippen LogP contribution in [-0.4, -0.2) is 37.5 Å². The Labute approximate surface area is 165 Å². The average molecular weight is 391 g/mol. The van der Waals surface area contributed by atoms with E-state index in [4.69, 9.17) is 4.52 Å². The number of amides is 1. The summed E-state index contributed by atoms with van der Waals surface area (Å²) in [6.07, 6.45) is 4.40. The van der Waals surface area contributed by atoms with Crippen molar-refractivity contribution in [3.8, 4) is 23.0 Å². The average Bonchev–Trinajstić information content (AvgIpc) is 3.49. The van der Waals surface area contributed by atoms with Gasteiger partial charge in [-0.1, -0.05) is 11.2 Å². The third-order valence-electron chi connectivity index (χ3n) is 4.96. The smallest absolute Gasteiger partial charge is 0.274 e. The van der Waals surface area contributed by atoms with Crippen molar-refractivity contribution < 1.29 is 9.32 Å². The number of nitrogens with zero attached hydrogens (tertiary/aromatic N) is 4.